The summed E-state index contributed by atoms with van der Waals surface area (Å²) >= 11 is 0. The zero-order valence-corrected chi connectivity index (χ0v) is 10.8. The Morgan fingerprint density at radius 1 is 1.20 bits per heavy atom. The molecule has 0 atom stereocenters. The number of rotatable bonds is 9. The molecule has 0 saturated heterocycles. The number of hydrogen-bond donors (Lipinski definition) is 0. The Hall–Kier alpha value is -0.0900. The molecule has 0 saturated carbocycles. The lowest BCUT2D eigenvalue weighted by Gasteiger charge is -2.07. The minimum absolute atomic E-state index is 0.241. The molecule has 0 amide bonds. The molecule has 1 radical (unpaired) electrons. The smallest absolute Gasteiger partial charge is 0.152 e. The van der Waals surface area contributed by atoms with Gasteiger partial charge in [-0.1, -0.05) is 6.92 Å². The van der Waals surface area contributed by atoms with Crippen LogP contribution in [0.25, 0.3) is 0 Å². The standard InChI is InChI=1S/C11H23O3S/c1-4-5-6-8-14-9-7-10-15(12,13)11(2)3/h4,11H,5-10H2,1-3H3. The van der Waals surface area contributed by atoms with Crippen molar-refractivity contribution in [2.45, 2.75) is 45.3 Å². The molecule has 4 heteroatoms. The summed E-state index contributed by atoms with van der Waals surface area (Å²) in [5.41, 5.74) is 0. The van der Waals surface area contributed by atoms with Crippen molar-refractivity contribution in [1.82, 2.24) is 0 Å². The van der Waals surface area contributed by atoms with Crippen LogP contribution in [0.3, 0.4) is 0 Å². The minimum atomic E-state index is -2.88. The zero-order chi connectivity index (χ0) is 11.7. The van der Waals surface area contributed by atoms with Crippen LogP contribution in [0.1, 0.15) is 40.0 Å². The summed E-state index contributed by atoms with van der Waals surface area (Å²) in [6, 6.07) is 0. The molecule has 0 aliphatic heterocycles. The van der Waals surface area contributed by atoms with Crippen LogP contribution in [0.15, 0.2) is 0 Å². The van der Waals surface area contributed by atoms with Crippen LogP contribution < -0.4 is 0 Å². The fraction of sp³-hybridized carbons (Fsp3) is 0.909. The number of hydrogen-bond acceptors (Lipinski definition) is 3. The van der Waals surface area contributed by atoms with Gasteiger partial charge in [-0.25, -0.2) is 8.42 Å². The molecule has 0 spiro atoms. The second-order valence-electron chi connectivity index (χ2n) is 3.93. The molecule has 91 valence electrons. The maximum Gasteiger partial charge on any atom is 0.152 e. The van der Waals surface area contributed by atoms with Crippen molar-refractivity contribution >= 4 is 9.84 Å². The van der Waals surface area contributed by atoms with Gasteiger partial charge in [0, 0.05) is 13.2 Å². The predicted molar refractivity (Wildman–Crippen MR) is 63.6 cm³/mol. The zero-order valence-electron chi connectivity index (χ0n) is 10.0. The van der Waals surface area contributed by atoms with Crippen molar-refractivity contribution < 1.29 is 13.2 Å². The van der Waals surface area contributed by atoms with E-state index in [4.69, 9.17) is 4.74 Å². The van der Waals surface area contributed by atoms with Crippen molar-refractivity contribution in [2.24, 2.45) is 0 Å². The first kappa shape index (κ1) is 14.9. The van der Waals surface area contributed by atoms with Gasteiger partial charge in [0.1, 0.15) is 0 Å². The average molecular weight is 235 g/mol. The van der Waals surface area contributed by atoms with Gasteiger partial charge in [-0.2, -0.15) is 0 Å². The van der Waals surface area contributed by atoms with Gasteiger partial charge in [-0.3, -0.25) is 0 Å². The third-order valence-electron chi connectivity index (χ3n) is 2.22. The lowest BCUT2D eigenvalue weighted by molar-refractivity contribution is 0.133. The van der Waals surface area contributed by atoms with Gasteiger partial charge in [-0.05, 0) is 39.5 Å². The van der Waals surface area contributed by atoms with Gasteiger partial charge < -0.3 is 4.74 Å². The Morgan fingerprint density at radius 2 is 1.80 bits per heavy atom. The van der Waals surface area contributed by atoms with E-state index in [9.17, 15) is 8.42 Å². The fourth-order valence-electron chi connectivity index (χ4n) is 1.09. The molecule has 0 aromatic heterocycles. The summed E-state index contributed by atoms with van der Waals surface area (Å²) in [6.45, 7) is 6.73. The molecule has 0 unspecified atom stereocenters. The van der Waals surface area contributed by atoms with Crippen LogP contribution in [-0.4, -0.2) is 32.6 Å². The van der Waals surface area contributed by atoms with Gasteiger partial charge in [0.2, 0.25) is 0 Å². The first-order valence-electron chi connectivity index (χ1n) is 5.58. The van der Waals surface area contributed by atoms with Crippen molar-refractivity contribution in [2.75, 3.05) is 19.0 Å². The lowest BCUT2D eigenvalue weighted by Crippen LogP contribution is -2.18. The van der Waals surface area contributed by atoms with E-state index in [1.165, 1.54) is 0 Å². The van der Waals surface area contributed by atoms with Crippen molar-refractivity contribution in [3.05, 3.63) is 6.42 Å². The average Bonchev–Trinajstić information content (AvgIpc) is 2.16. The highest BCUT2D eigenvalue weighted by Crippen LogP contribution is 2.03. The molecule has 0 rings (SSSR count). The Bertz CT molecular complexity index is 232. The highest BCUT2D eigenvalue weighted by molar-refractivity contribution is 7.91. The Kier molecular flexibility index (Phi) is 8.06. The number of unbranched alkanes of at least 4 members (excludes halogenated alkanes) is 2. The van der Waals surface area contributed by atoms with Crippen LogP contribution in [0, 0.1) is 6.42 Å². The van der Waals surface area contributed by atoms with Crippen LogP contribution in [-0.2, 0) is 14.6 Å². The Balaban J connectivity index is 3.39. The quantitative estimate of drug-likeness (QED) is 0.576. The molecule has 0 N–H and O–H groups in total. The Labute approximate surface area is 94.1 Å². The monoisotopic (exact) mass is 235 g/mol. The van der Waals surface area contributed by atoms with Crippen LogP contribution in [0.2, 0.25) is 0 Å². The summed E-state index contributed by atoms with van der Waals surface area (Å²) in [4.78, 5) is 0. The van der Waals surface area contributed by atoms with E-state index < -0.39 is 9.84 Å². The molecular weight excluding hydrogens is 212 g/mol. The topological polar surface area (TPSA) is 43.4 Å². The molecule has 0 aromatic rings. The highest BCUT2D eigenvalue weighted by Gasteiger charge is 2.14. The van der Waals surface area contributed by atoms with Crippen LogP contribution in [0.5, 0.6) is 0 Å². The molecular formula is C11H23O3S. The lowest BCUT2D eigenvalue weighted by atomic mass is 10.3. The third-order valence-corrected chi connectivity index (χ3v) is 4.51. The molecule has 3 nitrogen and oxygen atoms in total. The normalized spacial score (nSPS) is 12.3. The molecule has 0 aliphatic carbocycles. The highest BCUT2D eigenvalue weighted by atomic mass is 32.2. The molecule has 0 aromatic carbocycles. The van der Waals surface area contributed by atoms with Gasteiger partial charge in [0.25, 0.3) is 0 Å². The first-order valence-corrected chi connectivity index (χ1v) is 7.29. The Morgan fingerprint density at radius 3 is 2.33 bits per heavy atom. The van der Waals surface area contributed by atoms with Gasteiger partial charge >= 0.3 is 0 Å². The summed E-state index contributed by atoms with van der Waals surface area (Å²) < 4.78 is 28.1. The summed E-state index contributed by atoms with van der Waals surface area (Å²) in [6.07, 6.45) is 4.79. The molecule has 0 heterocycles. The van der Waals surface area contributed by atoms with Crippen molar-refractivity contribution in [1.29, 1.82) is 0 Å². The predicted octanol–water partition coefficient (Wildman–Crippen LogP) is 2.22. The van der Waals surface area contributed by atoms with E-state index in [0.717, 1.165) is 19.4 Å². The SMILES string of the molecule is C[CH]CCCOCCCS(=O)(=O)C(C)C. The van der Waals surface area contributed by atoms with E-state index in [1.807, 2.05) is 6.92 Å². The van der Waals surface area contributed by atoms with E-state index in [-0.39, 0.29) is 11.0 Å². The molecule has 0 bridgehead atoms. The van der Waals surface area contributed by atoms with Crippen molar-refractivity contribution in [3.63, 3.8) is 0 Å². The molecule has 0 fully saturated rings. The maximum atomic E-state index is 11.4. The molecule has 0 aliphatic rings. The second-order valence-corrected chi connectivity index (χ2v) is 6.61. The summed E-state index contributed by atoms with van der Waals surface area (Å²) in [5, 5.41) is -0.271. The van der Waals surface area contributed by atoms with E-state index in [2.05, 4.69) is 6.42 Å². The second kappa shape index (κ2) is 8.11. The minimum Gasteiger partial charge on any atom is -0.381 e. The van der Waals surface area contributed by atoms with E-state index in [0.29, 0.717) is 13.0 Å². The van der Waals surface area contributed by atoms with Gasteiger partial charge in [0.05, 0.1) is 11.0 Å². The maximum absolute atomic E-state index is 11.4. The van der Waals surface area contributed by atoms with E-state index in [1.54, 1.807) is 13.8 Å². The van der Waals surface area contributed by atoms with Crippen LogP contribution >= 0.6 is 0 Å². The number of sulfone groups is 1. The van der Waals surface area contributed by atoms with E-state index >= 15 is 0 Å². The largest absolute Gasteiger partial charge is 0.381 e. The van der Waals surface area contributed by atoms with Gasteiger partial charge in [-0.15, -0.1) is 0 Å². The third kappa shape index (κ3) is 7.79. The summed E-state index contributed by atoms with van der Waals surface area (Å²) in [7, 11) is -2.88. The fourth-order valence-corrected chi connectivity index (χ4v) is 2.08. The first-order chi connectivity index (χ1) is 7.00. The summed E-state index contributed by atoms with van der Waals surface area (Å²) in [5.74, 6) is 0.241. The van der Waals surface area contributed by atoms with Crippen molar-refractivity contribution in [3.8, 4) is 0 Å². The van der Waals surface area contributed by atoms with Gasteiger partial charge in [0.15, 0.2) is 9.84 Å². The number of ether oxygens (including phenoxy) is 1. The molecule has 15 heavy (non-hydrogen) atoms. The van der Waals surface area contributed by atoms with Crippen LogP contribution in [0.4, 0.5) is 0 Å².